The molecule has 0 aliphatic carbocycles. The maximum absolute atomic E-state index is 12.7. The molecule has 0 aliphatic heterocycles. The van der Waals surface area contributed by atoms with Crippen molar-refractivity contribution in [3.05, 3.63) is 22.1 Å². The van der Waals surface area contributed by atoms with Crippen LogP contribution in [0, 0.1) is 5.13 Å². The Balaban J connectivity index is 2.81. The lowest BCUT2D eigenvalue weighted by atomic mass is 9.86. The van der Waals surface area contributed by atoms with Crippen LogP contribution in [-0.4, -0.2) is 0 Å². The van der Waals surface area contributed by atoms with Crippen LogP contribution < -0.4 is 0 Å². The summed E-state index contributed by atoms with van der Waals surface area (Å²) in [6, 6.07) is 3.45. The zero-order valence-corrected chi connectivity index (χ0v) is 8.67. The van der Waals surface area contributed by atoms with Crippen LogP contribution in [0.3, 0.4) is 0 Å². The molecule has 0 aromatic carbocycles. The van der Waals surface area contributed by atoms with Gasteiger partial charge < -0.3 is 0 Å². The molecule has 1 rings (SSSR count). The van der Waals surface area contributed by atoms with Gasteiger partial charge in [0.05, 0.1) is 0 Å². The molecule has 1 aromatic rings. The summed E-state index contributed by atoms with van der Waals surface area (Å²) in [7, 11) is 0. The van der Waals surface area contributed by atoms with E-state index in [0.29, 0.717) is 0 Å². The third-order valence-electron chi connectivity index (χ3n) is 2.12. The number of halogens is 1. The Morgan fingerprint density at radius 1 is 1.42 bits per heavy atom. The van der Waals surface area contributed by atoms with Gasteiger partial charge >= 0.3 is 0 Å². The normalized spacial score (nSPS) is 12.0. The van der Waals surface area contributed by atoms with Gasteiger partial charge in [0.25, 0.3) is 0 Å². The average Bonchev–Trinajstić information content (AvgIpc) is 2.36. The fourth-order valence-electron chi connectivity index (χ4n) is 1.43. The first kappa shape index (κ1) is 9.72. The van der Waals surface area contributed by atoms with Crippen LogP contribution in [-0.2, 0) is 5.41 Å². The quantitative estimate of drug-likeness (QED) is 0.670. The van der Waals surface area contributed by atoms with Gasteiger partial charge in [-0.2, -0.15) is 4.39 Å². The maximum atomic E-state index is 12.7. The number of hydrogen-bond donors (Lipinski definition) is 0. The minimum absolute atomic E-state index is 0.0748. The van der Waals surface area contributed by atoms with Gasteiger partial charge in [0.2, 0.25) is 0 Å². The van der Waals surface area contributed by atoms with Crippen molar-refractivity contribution in [3.63, 3.8) is 0 Å². The van der Waals surface area contributed by atoms with E-state index >= 15 is 0 Å². The van der Waals surface area contributed by atoms with E-state index in [-0.39, 0.29) is 10.5 Å². The molecule has 0 saturated carbocycles. The molecule has 0 unspecified atom stereocenters. The van der Waals surface area contributed by atoms with Crippen molar-refractivity contribution >= 4 is 11.3 Å². The van der Waals surface area contributed by atoms with Gasteiger partial charge in [-0.3, -0.25) is 0 Å². The summed E-state index contributed by atoms with van der Waals surface area (Å²) in [6.07, 6.45) is 2.26. The Morgan fingerprint density at radius 2 is 2.08 bits per heavy atom. The van der Waals surface area contributed by atoms with Crippen molar-refractivity contribution in [2.45, 2.75) is 39.0 Å². The summed E-state index contributed by atoms with van der Waals surface area (Å²) in [5.41, 5.74) is 0.143. The standard InChI is InChI=1S/C10H15FS/c1-4-7-10(2,3)8-5-6-9(11)12-8/h5-6H,4,7H2,1-3H3. The molecule has 0 atom stereocenters. The third kappa shape index (κ3) is 2.07. The zero-order chi connectivity index (χ0) is 9.19. The van der Waals surface area contributed by atoms with Crippen molar-refractivity contribution < 1.29 is 4.39 Å². The van der Waals surface area contributed by atoms with Crippen LogP contribution in [0.2, 0.25) is 0 Å². The Labute approximate surface area is 77.4 Å². The van der Waals surface area contributed by atoms with E-state index in [1.165, 1.54) is 11.3 Å². The highest BCUT2D eigenvalue weighted by Gasteiger charge is 2.21. The average molecular weight is 186 g/mol. The van der Waals surface area contributed by atoms with Crippen LogP contribution in [0.1, 0.15) is 38.5 Å². The molecule has 0 aliphatic rings. The minimum Gasteiger partial charge on any atom is -0.195 e. The SMILES string of the molecule is CCCC(C)(C)c1ccc(F)s1. The van der Waals surface area contributed by atoms with E-state index in [2.05, 4.69) is 20.8 Å². The first-order chi connectivity index (χ1) is 5.56. The fourth-order valence-corrected chi connectivity index (χ4v) is 2.29. The Morgan fingerprint density at radius 3 is 2.50 bits per heavy atom. The molecule has 68 valence electrons. The molecule has 0 saturated heterocycles. The summed E-state index contributed by atoms with van der Waals surface area (Å²) in [4.78, 5) is 1.15. The molecule has 0 amide bonds. The molecule has 1 heterocycles. The van der Waals surface area contributed by atoms with E-state index in [9.17, 15) is 4.39 Å². The van der Waals surface area contributed by atoms with Crippen molar-refractivity contribution in [1.82, 2.24) is 0 Å². The van der Waals surface area contributed by atoms with E-state index in [4.69, 9.17) is 0 Å². The van der Waals surface area contributed by atoms with E-state index in [1.807, 2.05) is 6.07 Å². The number of hydrogen-bond acceptors (Lipinski definition) is 1. The van der Waals surface area contributed by atoms with Crippen molar-refractivity contribution in [3.8, 4) is 0 Å². The summed E-state index contributed by atoms with van der Waals surface area (Å²) in [5.74, 6) is 0. The molecule has 0 nitrogen and oxygen atoms in total. The van der Waals surface area contributed by atoms with Crippen LogP contribution >= 0.6 is 11.3 Å². The molecule has 0 spiro atoms. The third-order valence-corrected chi connectivity index (χ3v) is 3.35. The maximum Gasteiger partial charge on any atom is 0.176 e. The molecule has 0 bridgehead atoms. The Kier molecular flexibility index (Phi) is 2.89. The summed E-state index contributed by atoms with van der Waals surface area (Å²) in [6.45, 7) is 6.50. The second kappa shape index (κ2) is 3.56. The van der Waals surface area contributed by atoms with Gasteiger partial charge in [0, 0.05) is 4.88 Å². The molecular weight excluding hydrogens is 171 g/mol. The Hall–Kier alpha value is -0.370. The van der Waals surface area contributed by atoms with Crippen LogP contribution in [0.4, 0.5) is 4.39 Å². The largest absolute Gasteiger partial charge is 0.195 e. The lowest BCUT2D eigenvalue weighted by Crippen LogP contribution is -2.14. The van der Waals surface area contributed by atoms with E-state index < -0.39 is 0 Å². The minimum atomic E-state index is -0.0748. The van der Waals surface area contributed by atoms with Gasteiger partial charge in [0.15, 0.2) is 5.13 Å². The first-order valence-electron chi connectivity index (χ1n) is 4.32. The van der Waals surface area contributed by atoms with Gasteiger partial charge in [-0.25, -0.2) is 0 Å². The molecule has 1 aromatic heterocycles. The first-order valence-corrected chi connectivity index (χ1v) is 5.14. The van der Waals surface area contributed by atoms with Crippen LogP contribution in [0.25, 0.3) is 0 Å². The van der Waals surface area contributed by atoms with Crippen LogP contribution in [0.5, 0.6) is 0 Å². The summed E-state index contributed by atoms with van der Waals surface area (Å²) in [5, 5.41) is -0.0748. The van der Waals surface area contributed by atoms with Gasteiger partial charge in [-0.1, -0.05) is 27.2 Å². The van der Waals surface area contributed by atoms with Gasteiger partial charge in [0.1, 0.15) is 0 Å². The number of rotatable bonds is 3. The second-order valence-corrected chi connectivity index (χ2v) is 4.77. The van der Waals surface area contributed by atoms with Gasteiger partial charge in [-0.05, 0) is 24.0 Å². The lowest BCUT2D eigenvalue weighted by molar-refractivity contribution is 0.482. The zero-order valence-electron chi connectivity index (χ0n) is 7.86. The smallest absolute Gasteiger partial charge is 0.176 e. The molecule has 12 heavy (non-hydrogen) atoms. The van der Waals surface area contributed by atoms with Crippen molar-refractivity contribution in [2.75, 3.05) is 0 Å². The highest BCUT2D eigenvalue weighted by molar-refractivity contribution is 7.10. The van der Waals surface area contributed by atoms with Gasteiger partial charge in [-0.15, -0.1) is 11.3 Å². The summed E-state index contributed by atoms with van der Waals surface area (Å²) >= 11 is 1.27. The highest BCUT2D eigenvalue weighted by Crippen LogP contribution is 2.32. The monoisotopic (exact) mass is 186 g/mol. The molecular formula is C10H15FS. The highest BCUT2D eigenvalue weighted by atomic mass is 32.1. The predicted octanol–water partition coefficient (Wildman–Crippen LogP) is 3.96. The van der Waals surface area contributed by atoms with Crippen LogP contribution in [0.15, 0.2) is 12.1 Å². The molecule has 0 N–H and O–H groups in total. The molecule has 0 radical (unpaired) electrons. The van der Waals surface area contributed by atoms with Crippen molar-refractivity contribution in [1.29, 1.82) is 0 Å². The molecule has 2 heteroatoms. The lowest BCUT2D eigenvalue weighted by Gasteiger charge is -2.21. The topological polar surface area (TPSA) is 0 Å². The number of thiophene rings is 1. The second-order valence-electron chi connectivity index (χ2n) is 3.74. The van der Waals surface area contributed by atoms with E-state index in [0.717, 1.165) is 17.7 Å². The molecule has 0 fully saturated rings. The van der Waals surface area contributed by atoms with E-state index in [1.54, 1.807) is 6.07 Å². The fraction of sp³-hybridized carbons (Fsp3) is 0.600. The van der Waals surface area contributed by atoms with Crippen molar-refractivity contribution in [2.24, 2.45) is 0 Å². The predicted molar refractivity (Wildman–Crippen MR) is 52.2 cm³/mol. The summed E-state index contributed by atoms with van der Waals surface area (Å²) < 4.78 is 12.7. The Bertz CT molecular complexity index is 250.